The Kier molecular flexibility index (Phi) is 31.5. The summed E-state index contributed by atoms with van der Waals surface area (Å²) in [4.78, 5) is 132. The van der Waals surface area contributed by atoms with Gasteiger partial charge in [0.05, 0.1) is 66.0 Å². The van der Waals surface area contributed by atoms with Crippen molar-refractivity contribution in [1.29, 1.82) is 0 Å². The van der Waals surface area contributed by atoms with E-state index in [4.69, 9.17) is 18.9 Å². The van der Waals surface area contributed by atoms with Crippen molar-refractivity contribution in [2.24, 2.45) is 5.92 Å². The molecule has 141 heavy (non-hydrogen) atoms. The summed E-state index contributed by atoms with van der Waals surface area (Å²) in [5.74, 6) is -8.15. The van der Waals surface area contributed by atoms with Gasteiger partial charge in [0.25, 0.3) is 29.3 Å². The highest BCUT2D eigenvalue weighted by Crippen LogP contribution is 2.46. The van der Waals surface area contributed by atoms with E-state index < -0.39 is 151 Å². The van der Waals surface area contributed by atoms with E-state index in [1.165, 1.54) is 105 Å². The number of aromatic nitrogens is 8. The van der Waals surface area contributed by atoms with Crippen LogP contribution in [0.3, 0.4) is 0 Å². The van der Waals surface area contributed by atoms with Gasteiger partial charge in [0, 0.05) is 88.7 Å². The number of aromatic hydroxyl groups is 3. The first-order valence-corrected chi connectivity index (χ1v) is 45.5. The topological polar surface area (TPSA) is 379 Å². The molecule has 4 aliphatic heterocycles. The molecule has 31 nitrogen and oxygen atoms in total. The van der Waals surface area contributed by atoms with Crippen molar-refractivity contribution >= 4 is 35.5 Å². The molecule has 4 aliphatic rings. The SMILES string of the molecule is CC(C)CN1CC(C(c2cccc(F)c2)c2cccc(F)c2)n2ncc(=O)c(O)c2C1=O.CCCCN1CC(C(c2cccc(F)c2)c2cccc(F)c2)n2ncc(=O)c(O)c2C1=O.CCN1CC(C(c2cccc(C)c2)c2cccc(F)c2)n2ncc(=O)c(OCOC(=O)Oc3ccc([N+](=O)[O-])cc3C)c2C1=O.COCC(C)(C)N1CC(C(c2ccccc2)c2ccccc2)n2ncc(=O)c(O)c2C1=O. The van der Waals surface area contributed by atoms with Gasteiger partial charge in [0.15, 0.2) is 40.0 Å². The first-order chi connectivity index (χ1) is 67.6. The molecule has 5 atom stereocenters. The molecule has 4 aromatic heterocycles. The van der Waals surface area contributed by atoms with Crippen LogP contribution in [0.1, 0.15) is 200 Å². The van der Waals surface area contributed by atoms with Crippen LogP contribution in [0.5, 0.6) is 28.7 Å². The number of hydrogen-bond acceptors (Lipinski definition) is 22. The Balaban J connectivity index is 0.000000151. The third kappa shape index (κ3) is 22.4. The maximum absolute atomic E-state index is 14.5. The monoisotopic (exact) mass is 1930 g/mol. The third-order valence-corrected chi connectivity index (χ3v) is 24.9. The summed E-state index contributed by atoms with van der Waals surface area (Å²) in [5.41, 5.74) is 2.77. The molecule has 0 spiro atoms. The number of hydrogen-bond donors (Lipinski definition) is 3. The number of nitrogens with zero attached hydrogens (tertiary/aromatic N) is 13. The molecule has 3 N–H and O–H groups in total. The minimum atomic E-state index is -1.19. The summed E-state index contributed by atoms with van der Waals surface area (Å²) in [6, 6.07) is 59.3. The zero-order chi connectivity index (χ0) is 101. The normalized spacial score (nSPS) is 15.6. The standard InChI is InChI=1S/C32H29FN4O8.C25H27N3O4.2C24H23F2N3O3/c1-4-35-17-25(28(21-8-5-7-19(2)13-21)22-9-6-10-23(33)15-22)36-29(31(35)39)30(26(38)16-34-36)43-18-44-32(40)45-27-12-11-24(37(41)42)14-20(27)3;1-25(2,16-32-3)27-15-19(28-22(24(27)31)23(30)20(29)14-26-28)21(17-10-6-4-7-11-17)18-12-8-5-9-13-18;1-14(2)12-28-13-19(29-22(24(28)32)23(31)20(30)11-27-29)21(15-5-3-7-17(25)9-15)16-6-4-8-18(26)10-16;1-2-3-10-28-14-19(29-22(24(28)32)23(31)20(30)13-27-29)21(15-6-4-8-17(25)11-15)16-7-5-9-18(26)12-16/h5-16,25,28H,4,17-18H2,1-3H3;4-14,19,21,30H,15-16H2,1-3H3;3-11,14,19,21,31H,12-13H2,1-2H3;4-9,11-13,19,21,31H,2-3,10,14H2,1H3. The highest BCUT2D eigenvalue weighted by atomic mass is 19.1. The molecule has 0 saturated heterocycles. The number of methoxy groups -OCH3 is 1. The third-order valence-electron chi connectivity index (χ3n) is 24.9. The number of aryl methyl sites for hydroxylation is 2. The summed E-state index contributed by atoms with van der Waals surface area (Å²) < 4.78 is 97.8. The summed E-state index contributed by atoms with van der Waals surface area (Å²) in [6.45, 7) is 16.5. The van der Waals surface area contributed by atoms with Crippen LogP contribution in [0, 0.1) is 59.0 Å². The average molecular weight is 1930 g/mol. The lowest BCUT2D eigenvalue weighted by molar-refractivity contribution is -0.384. The van der Waals surface area contributed by atoms with E-state index in [9.17, 15) is 90.5 Å². The van der Waals surface area contributed by atoms with E-state index in [0.29, 0.717) is 66.2 Å². The van der Waals surface area contributed by atoms with Crippen LogP contribution >= 0.6 is 0 Å². The molecular weight excluding hydrogens is 1830 g/mol. The van der Waals surface area contributed by atoms with Crippen LogP contribution in [-0.4, -0.2) is 181 Å². The lowest BCUT2D eigenvalue weighted by Gasteiger charge is -2.45. The molecule has 8 heterocycles. The van der Waals surface area contributed by atoms with Gasteiger partial charge in [0.2, 0.25) is 34.3 Å². The second-order valence-corrected chi connectivity index (χ2v) is 35.5. The maximum Gasteiger partial charge on any atom is 0.516 e. The highest BCUT2D eigenvalue weighted by Gasteiger charge is 2.47. The Labute approximate surface area is 805 Å². The smallest absolute Gasteiger partial charge is 0.502 e. The number of halogens is 5. The van der Waals surface area contributed by atoms with Gasteiger partial charge in [-0.15, -0.1) is 0 Å². The van der Waals surface area contributed by atoms with E-state index in [0.717, 1.165) is 59.9 Å². The fourth-order valence-corrected chi connectivity index (χ4v) is 18.5. The molecule has 9 aromatic carbocycles. The van der Waals surface area contributed by atoms with Crippen molar-refractivity contribution in [3.05, 3.63) is 408 Å². The molecular formula is C105H102F5N13O18. The number of nitro benzene ring substituents is 1. The highest BCUT2D eigenvalue weighted by molar-refractivity contribution is 5.98. The van der Waals surface area contributed by atoms with Crippen molar-refractivity contribution in [2.75, 3.05) is 66.3 Å². The van der Waals surface area contributed by atoms with Gasteiger partial charge < -0.3 is 53.9 Å². The van der Waals surface area contributed by atoms with Crippen LogP contribution < -0.4 is 31.2 Å². The van der Waals surface area contributed by atoms with Crippen molar-refractivity contribution < 1.29 is 85.1 Å². The number of fused-ring (bicyclic) bond motifs is 4. The number of benzene rings is 9. The molecule has 0 aliphatic carbocycles. The molecule has 36 heteroatoms. The molecule has 4 amide bonds. The summed E-state index contributed by atoms with van der Waals surface area (Å²) in [7, 11) is 1.59. The number of amides is 4. The second-order valence-electron chi connectivity index (χ2n) is 35.5. The fraction of sp³-hybridized carbons (Fsp3) is 0.286. The molecule has 0 bridgehead atoms. The number of rotatable bonds is 26. The van der Waals surface area contributed by atoms with Gasteiger partial charge >= 0.3 is 6.16 Å². The summed E-state index contributed by atoms with van der Waals surface area (Å²) in [5, 5.41) is 59.4. The lowest BCUT2D eigenvalue weighted by Crippen LogP contribution is -2.57. The molecule has 0 fully saturated rings. The first-order valence-electron chi connectivity index (χ1n) is 45.5. The van der Waals surface area contributed by atoms with Crippen molar-refractivity contribution in [1.82, 2.24) is 58.7 Å². The Hall–Kier alpha value is -16.1. The maximum atomic E-state index is 14.5. The summed E-state index contributed by atoms with van der Waals surface area (Å²) in [6.07, 6.45) is 4.37. The van der Waals surface area contributed by atoms with Gasteiger partial charge in [-0.2, -0.15) is 20.4 Å². The van der Waals surface area contributed by atoms with Crippen LogP contribution in [0.2, 0.25) is 0 Å². The van der Waals surface area contributed by atoms with Gasteiger partial charge in [-0.3, -0.25) is 67.2 Å². The second kappa shape index (κ2) is 44.1. The number of carbonyl (C=O) groups excluding carboxylic acids is 5. The van der Waals surface area contributed by atoms with E-state index in [2.05, 4.69) is 20.4 Å². The van der Waals surface area contributed by atoms with E-state index in [1.807, 2.05) is 126 Å². The van der Waals surface area contributed by atoms with Crippen molar-refractivity contribution in [3.8, 4) is 28.7 Å². The number of likely N-dealkylation sites (N-methyl/N-ethyl adjacent to an activating group) is 1. The van der Waals surface area contributed by atoms with Crippen molar-refractivity contribution in [2.45, 2.75) is 122 Å². The quantitative estimate of drug-likeness (QED) is 0.0113. The first kappa shape index (κ1) is 101. The Morgan fingerprint density at radius 2 is 0.830 bits per heavy atom. The Bertz CT molecular complexity index is 6910. The minimum Gasteiger partial charge on any atom is -0.502 e. The molecule has 730 valence electrons. The number of non-ortho nitro benzene ring substituents is 1. The molecule has 17 rings (SSSR count). The fourth-order valence-electron chi connectivity index (χ4n) is 18.5. The largest absolute Gasteiger partial charge is 0.516 e. The molecule has 13 aromatic rings. The van der Waals surface area contributed by atoms with Crippen LogP contribution in [0.25, 0.3) is 0 Å². The van der Waals surface area contributed by atoms with E-state index in [1.54, 1.807) is 94.3 Å². The number of nitro groups is 1. The number of ether oxygens (including phenoxy) is 4. The van der Waals surface area contributed by atoms with Crippen LogP contribution in [0.4, 0.5) is 32.4 Å². The van der Waals surface area contributed by atoms with Gasteiger partial charge in [0.1, 0.15) is 34.8 Å². The predicted octanol–water partition coefficient (Wildman–Crippen LogP) is 16.1. The summed E-state index contributed by atoms with van der Waals surface area (Å²) >= 11 is 0. The number of unbranched alkanes of at least 4 members (excludes halogenated alkanes) is 1. The van der Waals surface area contributed by atoms with Gasteiger partial charge in [-0.25, -0.2) is 26.7 Å². The van der Waals surface area contributed by atoms with Crippen LogP contribution in [-0.2, 0) is 9.47 Å². The minimum absolute atomic E-state index is 0.0307. The van der Waals surface area contributed by atoms with Gasteiger partial charge in [-0.05, 0) is 164 Å². The zero-order valence-corrected chi connectivity index (χ0v) is 78.3. The average Bonchev–Trinajstić information content (AvgIpc) is 0.743. The molecule has 5 unspecified atom stereocenters. The lowest BCUT2D eigenvalue weighted by atomic mass is 9.83. The van der Waals surface area contributed by atoms with E-state index in [-0.39, 0.29) is 77.5 Å². The van der Waals surface area contributed by atoms with Gasteiger partial charge in [-0.1, -0.05) is 178 Å². The number of carbonyl (C=O) groups is 5. The van der Waals surface area contributed by atoms with Crippen molar-refractivity contribution in [3.63, 3.8) is 0 Å². The predicted molar refractivity (Wildman–Crippen MR) is 509 cm³/mol. The molecule has 0 saturated carbocycles. The van der Waals surface area contributed by atoms with Crippen LogP contribution in [0.15, 0.2) is 268 Å². The zero-order valence-electron chi connectivity index (χ0n) is 78.3. The molecule has 0 radical (unpaired) electrons. The Morgan fingerprint density at radius 1 is 0.461 bits per heavy atom. The van der Waals surface area contributed by atoms with E-state index >= 15 is 0 Å². The Morgan fingerprint density at radius 3 is 1.23 bits per heavy atom.